The second-order valence-corrected chi connectivity index (χ2v) is 5.94. The Morgan fingerprint density at radius 3 is 2.24 bits per heavy atom. The molecule has 0 unspecified atom stereocenters. The standard InChI is InChI=1S/C15H14BrN3O2/c16-10-7-13(17-8-10)15(21)19-12-5-3-11(4-6-12)18-14(20)9-1-2-9/h3-9,17H,1-2H2,(H,18,20)(H,19,21). The molecule has 0 spiro atoms. The number of nitrogens with one attached hydrogen (secondary N) is 3. The zero-order chi connectivity index (χ0) is 14.8. The first-order chi connectivity index (χ1) is 10.1. The van der Waals surface area contributed by atoms with Crippen LogP contribution in [0.15, 0.2) is 41.0 Å². The van der Waals surface area contributed by atoms with E-state index in [1.165, 1.54) is 0 Å². The molecule has 1 heterocycles. The maximum atomic E-state index is 12.0. The number of rotatable bonds is 4. The highest BCUT2D eigenvalue weighted by atomic mass is 79.9. The van der Waals surface area contributed by atoms with Crippen LogP contribution in [-0.2, 0) is 4.79 Å². The predicted octanol–water partition coefficient (Wildman–Crippen LogP) is 3.38. The fourth-order valence-corrected chi connectivity index (χ4v) is 2.27. The van der Waals surface area contributed by atoms with Crippen LogP contribution in [0.1, 0.15) is 23.3 Å². The van der Waals surface area contributed by atoms with Gasteiger partial charge in [0.05, 0.1) is 0 Å². The van der Waals surface area contributed by atoms with Crippen molar-refractivity contribution in [1.82, 2.24) is 4.98 Å². The number of anilines is 2. The third kappa shape index (κ3) is 3.52. The van der Waals surface area contributed by atoms with E-state index in [1.807, 2.05) is 0 Å². The van der Waals surface area contributed by atoms with Crippen molar-refractivity contribution >= 4 is 39.1 Å². The molecule has 3 N–H and O–H groups in total. The van der Waals surface area contributed by atoms with E-state index in [0.717, 1.165) is 23.0 Å². The fraction of sp³-hybridized carbons (Fsp3) is 0.200. The Morgan fingerprint density at radius 1 is 1.10 bits per heavy atom. The minimum absolute atomic E-state index is 0.0722. The predicted molar refractivity (Wildman–Crippen MR) is 84.2 cm³/mol. The molecule has 0 radical (unpaired) electrons. The molecule has 5 nitrogen and oxygen atoms in total. The minimum atomic E-state index is -0.213. The van der Waals surface area contributed by atoms with Crippen LogP contribution >= 0.6 is 15.9 Å². The molecule has 1 saturated carbocycles. The Kier molecular flexibility index (Phi) is 3.79. The van der Waals surface area contributed by atoms with Gasteiger partial charge in [0.2, 0.25) is 5.91 Å². The van der Waals surface area contributed by atoms with Crippen LogP contribution in [0.2, 0.25) is 0 Å². The molecule has 3 rings (SSSR count). The van der Waals surface area contributed by atoms with Crippen molar-refractivity contribution in [2.75, 3.05) is 10.6 Å². The number of hydrogen-bond acceptors (Lipinski definition) is 2. The average Bonchev–Trinajstić information content (AvgIpc) is 3.23. The largest absolute Gasteiger partial charge is 0.356 e. The second kappa shape index (κ2) is 5.73. The highest BCUT2D eigenvalue weighted by molar-refractivity contribution is 9.10. The quantitative estimate of drug-likeness (QED) is 0.793. The van der Waals surface area contributed by atoms with Crippen molar-refractivity contribution in [3.05, 3.63) is 46.7 Å². The molecule has 108 valence electrons. The van der Waals surface area contributed by atoms with Crippen molar-refractivity contribution in [2.45, 2.75) is 12.8 Å². The molecular weight excluding hydrogens is 334 g/mol. The molecule has 1 aliphatic carbocycles. The van der Waals surface area contributed by atoms with Crippen molar-refractivity contribution in [3.8, 4) is 0 Å². The van der Waals surface area contributed by atoms with E-state index in [0.29, 0.717) is 11.4 Å². The SMILES string of the molecule is O=C(Nc1ccc(NC(=O)C2CC2)cc1)c1cc(Br)c[nH]1. The zero-order valence-electron chi connectivity index (χ0n) is 11.2. The fourth-order valence-electron chi connectivity index (χ4n) is 1.92. The van der Waals surface area contributed by atoms with Gasteiger partial charge < -0.3 is 15.6 Å². The summed E-state index contributed by atoms with van der Waals surface area (Å²) in [5.41, 5.74) is 1.90. The van der Waals surface area contributed by atoms with Crippen LogP contribution in [0.4, 0.5) is 11.4 Å². The van der Waals surface area contributed by atoms with Gasteiger partial charge in [-0.25, -0.2) is 0 Å². The molecule has 1 aromatic heterocycles. The minimum Gasteiger partial charge on any atom is -0.356 e. The van der Waals surface area contributed by atoms with Gasteiger partial charge in [-0.3, -0.25) is 9.59 Å². The van der Waals surface area contributed by atoms with Gasteiger partial charge in [-0.2, -0.15) is 0 Å². The number of H-pyrrole nitrogens is 1. The topological polar surface area (TPSA) is 74.0 Å². The number of aromatic nitrogens is 1. The molecule has 2 amide bonds. The lowest BCUT2D eigenvalue weighted by Crippen LogP contribution is -2.14. The number of hydrogen-bond donors (Lipinski definition) is 3. The summed E-state index contributed by atoms with van der Waals surface area (Å²) < 4.78 is 0.825. The number of carbonyl (C=O) groups is 2. The molecule has 1 fully saturated rings. The molecule has 2 aromatic rings. The number of aromatic amines is 1. The number of amides is 2. The second-order valence-electron chi connectivity index (χ2n) is 5.03. The maximum absolute atomic E-state index is 12.0. The van der Waals surface area contributed by atoms with Crippen molar-refractivity contribution in [1.29, 1.82) is 0 Å². The number of carbonyl (C=O) groups excluding carboxylic acids is 2. The van der Waals surface area contributed by atoms with Crippen LogP contribution in [0.25, 0.3) is 0 Å². The number of benzene rings is 1. The average molecular weight is 348 g/mol. The third-order valence-electron chi connectivity index (χ3n) is 3.25. The van der Waals surface area contributed by atoms with Gasteiger partial charge in [0, 0.05) is 28.0 Å². The summed E-state index contributed by atoms with van der Waals surface area (Å²) in [4.78, 5) is 26.5. The highest BCUT2D eigenvalue weighted by Gasteiger charge is 2.29. The monoisotopic (exact) mass is 347 g/mol. The van der Waals surface area contributed by atoms with Crippen LogP contribution in [-0.4, -0.2) is 16.8 Å². The van der Waals surface area contributed by atoms with E-state index < -0.39 is 0 Å². The van der Waals surface area contributed by atoms with Crippen LogP contribution < -0.4 is 10.6 Å². The normalized spacial score (nSPS) is 13.8. The van der Waals surface area contributed by atoms with Crippen LogP contribution in [0.3, 0.4) is 0 Å². The Labute approximate surface area is 130 Å². The summed E-state index contributed by atoms with van der Waals surface area (Å²) in [5, 5.41) is 5.64. The van der Waals surface area contributed by atoms with E-state index >= 15 is 0 Å². The molecule has 0 bridgehead atoms. The Hall–Kier alpha value is -2.08. The van der Waals surface area contributed by atoms with Gasteiger partial charge in [-0.1, -0.05) is 0 Å². The first-order valence-corrected chi connectivity index (χ1v) is 7.47. The molecule has 0 atom stereocenters. The van der Waals surface area contributed by atoms with Crippen molar-refractivity contribution in [3.63, 3.8) is 0 Å². The molecule has 21 heavy (non-hydrogen) atoms. The summed E-state index contributed by atoms with van der Waals surface area (Å²) in [6, 6.07) is 8.79. The van der Waals surface area contributed by atoms with E-state index in [2.05, 4.69) is 31.5 Å². The molecule has 1 aliphatic rings. The van der Waals surface area contributed by atoms with E-state index in [-0.39, 0.29) is 17.7 Å². The van der Waals surface area contributed by atoms with E-state index in [4.69, 9.17) is 0 Å². The van der Waals surface area contributed by atoms with Gasteiger partial charge in [0.15, 0.2) is 0 Å². The zero-order valence-corrected chi connectivity index (χ0v) is 12.7. The lowest BCUT2D eigenvalue weighted by atomic mass is 10.2. The lowest BCUT2D eigenvalue weighted by Gasteiger charge is -2.07. The summed E-state index contributed by atoms with van der Waals surface area (Å²) in [6.45, 7) is 0. The summed E-state index contributed by atoms with van der Waals surface area (Å²) in [6.07, 6.45) is 3.66. The van der Waals surface area contributed by atoms with Gasteiger partial charge >= 0.3 is 0 Å². The Morgan fingerprint density at radius 2 is 1.71 bits per heavy atom. The van der Waals surface area contributed by atoms with Crippen LogP contribution in [0.5, 0.6) is 0 Å². The smallest absolute Gasteiger partial charge is 0.272 e. The first kappa shape index (κ1) is 13.9. The third-order valence-corrected chi connectivity index (χ3v) is 3.71. The van der Waals surface area contributed by atoms with Gasteiger partial charge in [0.1, 0.15) is 5.69 Å². The van der Waals surface area contributed by atoms with E-state index in [1.54, 1.807) is 36.5 Å². The van der Waals surface area contributed by atoms with E-state index in [9.17, 15) is 9.59 Å². The van der Waals surface area contributed by atoms with Crippen molar-refractivity contribution in [2.24, 2.45) is 5.92 Å². The molecule has 0 saturated heterocycles. The molecular formula is C15H14BrN3O2. The highest BCUT2D eigenvalue weighted by Crippen LogP contribution is 2.30. The summed E-state index contributed by atoms with van der Waals surface area (Å²) in [7, 11) is 0. The first-order valence-electron chi connectivity index (χ1n) is 6.68. The summed E-state index contributed by atoms with van der Waals surface area (Å²) >= 11 is 3.28. The van der Waals surface area contributed by atoms with Crippen LogP contribution in [0, 0.1) is 5.92 Å². The molecule has 1 aromatic carbocycles. The number of halogens is 1. The summed E-state index contributed by atoms with van der Waals surface area (Å²) in [5.74, 6) is 0.0363. The molecule has 6 heteroatoms. The van der Waals surface area contributed by atoms with Crippen molar-refractivity contribution < 1.29 is 9.59 Å². The maximum Gasteiger partial charge on any atom is 0.272 e. The van der Waals surface area contributed by atoms with Gasteiger partial charge in [-0.15, -0.1) is 0 Å². The Balaban J connectivity index is 1.61. The Bertz CT molecular complexity index is 674. The lowest BCUT2D eigenvalue weighted by molar-refractivity contribution is -0.117. The van der Waals surface area contributed by atoms with Gasteiger partial charge in [0.25, 0.3) is 5.91 Å². The molecule has 0 aliphatic heterocycles. The van der Waals surface area contributed by atoms with Gasteiger partial charge in [-0.05, 0) is 59.1 Å².